The minimum absolute atomic E-state index is 0.0655. The van der Waals surface area contributed by atoms with Crippen molar-refractivity contribution in [3.05, 3.63) is 89.4 Å². The molecule has 2 aromatic heterocycles. The quantitative estimate of drug-likeness (QED) is 0.357. The summed E-state index contributed by atoms with van der Waals surface area (Å²) in [6.45, 7) is 8.64. The van der Waals surface area contributed by atoms with Crippen molar-refractivity contribution in [3.63, 3.8) is 0 Å². The van der Waals surface area contributed by atoms with E-state index in [4.69, 9.17) is 10.2 Å². The highest BCUT2D eigenvalue weighted by Crippen LogP contribution is 2.34. The zero-order valence-corrected chi connectivity index (χ0v) is 19.3. The first-order chi connectivity index (χ1) is 16.4. The van der Waals surface area contributed by atoms with Crippen LogP contribution in [-0.4, -0.2) is 52.1 Å². The molecule has 9 heteroatoms. The number of hydrogen-bond donors (Lipinski definition) is 1. The van der Waals surface area contributed by atoms with Crippen LogP contribution in [0.3, 0.4) is 0 Å². The van der Waals surface area contributed by atoms with Gasteiger partial charge in [-0.25, -0.2) is 4.98 Å². The van der Waals surface area contributed by atoms with Crippen LogP contribution in [0.4, 0.5) is 0 Å². The van der Waals surface area contributed by atoms with E-state index in [9.17, 15) is 14.4 Å². The maximum atomic E-state index is 13.1. The minimum atomic E-state index is -0.636. The van der Waals surface area contributed by atoms with Gasteiger partial charge >= 0.3 is 0 Å². The van der Waals surface area contributed by atoms with Gasteiger partial charge in [0.05, 0.1) is 12.8 Å². The molecule has 0 saturated heterocycles. The number of amides is 3. The van der Waals surface area contributed by atoms with Gasteiger partial charge in [0.25, 0.3) is 11.8 Å². The van der Waals surface area contributed by atoms with E-state index < -0.39 is 5.91 Å². The second kappa shape index (κ2) is 9.88. The lowest BCUT2D eigenvalue weighted by molar-refractivity contribution is -0.114. The van der Waals surface area contributed by atoms with Crippen molar-refractivity contribution in [1.29, 1.82) is 0 Å². The van der Waals surface area contributed by atoms with Crippen LogP contribution in [0.15, 0.2) is 71.2 Å². The van der Waals surface area contributed by atoms with Crippen LogP contribution in [0.2, 0.25) is 0 Å². The SMILES string of the molecule is C=CCN(CCc1ccco1)C(=O)c1csc(-c2cccc3c2CN(CC(=C)C(N)=O)C3=O)n1. The molecule has 174 valence electrons. The molecule has 3 aromatic rings. The molecular weight excluding hydrogens is 452 g/mol. The first kappa shape index (κ1) is 23.2. The number of carbonyl (C=O) groups is 3. The van der Waals surface area contributed by atoms with Gasteiger partial charge in [0.2, 0.25) is 5.91 Å². The van der Waals surface area contributed by atoms with Crippen molar-refractivity contribution in [2.45, 2.75) is 13.0 Å². The smallest absolute Gasteiger partial charge is 0.273 e. The fourth-order valence-corrected chi connectivity index (χ4v) is 4.66. The van der Waals surface area contributed by atoms with E-state index in [1.807, 2.05) is 18.2 Å². The molecule has 34 heavy (non-hydrogen) atoms. The third kappa shape index (κ3) is 4.69. The number of fused-ring (bicyclic) bond motifs is 1. The average Bonchev–Trinajstić information content (AvgIpc) is 3.57. The number of primary amides is 1. The highest BCUT2D eigenvalue weighted by Gasteiger charge is 2.31. The highest BCUT2D eigenvalue weighted by atomic mass is 32.1. The number of furan rings is 1. The molecule has 0 atom stereocenters. The Bertz CT molecular complexity index is 1260. The van der Waals surface area contributed by atoms with Crippen molar-refractivity contribution in [2.75, 3.05) is 19.6 Å². The van der Waals surface area contributed by atoms with E-state index in [0.717, 1.165) is 16.9 Å². The van der Waals surface area contributed by atoms with Gasteiger partial charge in [-0.15, -0.1) is 17.9 Å². The summed E-state index contributed by atoms with van der Waals surface area (Å²) in [5, 5.41) is 2.37. The van der Waals surface area contributed by atoms with Gasteiger partial charge in [0.1, 0.15) is 16.5 Å². The van der Waals surface area contributed by atoms with Crippen LogP contribution in [0.25, 0.3) is 10.6 Å². The molecule has 8 nitrogen and oxygen atoms in total. The summed E-state index contributed by atoms with van der Waals surface area (Å²) in [7, 11) is 0. The summed E-state index contributed by atoms with van der Waals surface area (Å²) >= 11 is 1.35. The number of carbonyl (C=O) groups excluding carboxylic acids is 3. The highest BCUT2D eigenvalue weighted by molar-refractivity contribution is 7.13. The summed E-state index contributed by atoms with van der Waals surface area (Å²) in [6.07, 6.45) is 3.87. The van der Waals surface area contributed by atoms with Gasteiger partial charge in [0, 0.05) is 48.1 Å². The zero-order chi connectivity index (χ0) is 24.2. The number of nitrogens with zero attached hydrogens (tertiary/aromatic N) is 3. The summed E-state index contributed by atoms with van der Waals surface area (Å²) in [6, 6.07) is 9.10. The number of rotatable bonds is 10. The Labute approximate surface area is 201 Å². The van der Waals surface area contributed by atoms with Crippen LogP contribution in [0.1, 0.15) is 32.2 Å². The molecule has 0 bridgehead atoms. The van der Waals surface area contributed by atoms with Gasteiger partial charge in [-0.2, -0.15) is 0 Å². The average molecular weight is 477 g/mol. The lowest BCUT2D eigenvalue weighted by Crippen LogP contribution is -2.33. The number of aromatic nitrogens is 1. The van der Waals surface area contributed by atoms with E-state index in [-0.39, 0.29) is 23.9 Å². The largest absolute Gasteiger partial charge is 0.469 e. The Balaban J connectivity index is 1.54. The molecule has 0 unspecified atom stereocenters. The molecule has 0 saturated carbocycles. The molecule has 1 aromatic carbocycles. The van der Waals surface area contributed by atoms with E-state index in [2.05, 4.69) is 18.1 Å². The van der Waals surface area contributed by atoms with Crippen molar-refractivity contribution < 1.29 is 18.8 Å². The summed E-state index contributed by atoms with van der Waals surface area (Å²) in [5.74, 6) is -0.226. The number of nitrogens with two attached hydrogens (primary N) is 1. The van der Waals surface area contributed by atoms with Crippen LogP contribution in [-0.2, 0) is 17.8 Å². The minimum Gasteiger partial charge on any atom is -0.469 e. The Morgan fingerprint density at radius 3 is 2.76 bits per heavy atom. The van der Waals surface area contributed by atoms with Gasteiger partial charge in [-0.3, -0.25) is 14.4 Å². The topological polar surface area (TPSA) is 110 Å². The summed E-state index contributed by atoms with van der Waals surface area (Å²) in [4.78, 5) is 45.1. The fourth-order valence-electron chi connectivity index (χ4n) is 3.82. The normalized spacial score (nSPS) is 12.5. The van der Waals surface area contributed by atoms with Gasteiger partial charge in [0.15, 0.2) is 0 Å². The van der Waals surface area contributed by atoms with E-state index in [1.54, 1.807) is 34.8 Å². The lowest BCUT2D eigenvalue weighted by atomic mass is 10.0. The fraction of sp³-hybridized carbons (Fsp3) is 0.200. The van der Waals surface area contributed by atoms with E-state index in [1.165, 1.54) is 16.2 Å². The molecular formula is C25H24N4O4S. The van der Waals surface area contributed by atoms with Crippen LogP contribution in [0.5, 0.6) is 0 Å². The predicted octanol–water partition coefficient (Wildman–Crippen LogP) is 3.27. The monoisotopic (exact) mass is 476 g/mol. The number of hydrogen-bond acceptors (Lipinski definition) is 6. The standard InChI is InChI=1S/C25H24N4O4S/c1-3-10-28(11-9-17-6-5-12-33-17)25(32)21-15-34-23(27-21)18-7-4-8-19-20(18)14-29(24(19)31)13-16(2)22(26)30/h3-8,12,15H,1-2,9-11,13-14H2,(H2,26,30). The first-order valence-corrected chi connectivity index (χ1v) is 11.5. The van der Waals surface area contributed by atoms with Crippen LogP contribution >= 0.6 is 11.3 Å². The third-order valence-corrected chi connectivity index (χ3v) is 6.45. The van der Waals surface area contributed by atoms with Crippen molar-refractivity contribution in [3.8, 4) is 10.6 Å². The van der Waals surface area contributed by atoms with Gasteiger partial charge < -0.3 is 20.0 Å². The molecule has 0 fully saturated rings. The maximum Gasteiger partial charge on any atom is 0.273 e. The third-order valence-electron chi connectivity index (χ3n) is 5.57. The molecule has 3 heterocycles. The first-order valence-electron chi connectivity index (χ1n) is 10.7. The Kier molecular flexibility index (Phi) is 6.74. The second-order valence-corrected chi connectivity index (χ2v) is 8.73. The molecule has 1 aliphatic rings. The zero-order valence-electron chi connectivity index (χ0n) is 18.5. The van der Waals surface area contributed by atoms with Gasteiger partial charge in [-0.1, -0.05) is 24.8 Å². The second-order valence-electron chi connectivity index (χ2n) is 7.87. The van der Waals surface area contributed by atoms with Crippen molar-refractivity contribution >= 4 is 29.1 Å². The molecule has 4 rings (SSSR count). The predicted molar refractivity (Wildman–Crippen MR) is 129 cm³/mol. The summed E-state index contributed by atoms with van der Waals surface area (Å²) < 4.78 is 5.37. The van der Waals surface area contributed by atoms with E-state index >= 15 is 0 Å². The lowest BCUT2D eigenvalue weighted by Gasteiger charge is -2.19. The van der Waals surface area contributed by atoms with Crippen LogP contribution in [0, 0.1) is 0 Å². The Hall–Kier alpha value is -3.98. The Morgan fingerprint density at radius 2 is 2.06 bits per heavy atom. The molecule has 0 spiro atoms. The number of benzene rings is 1. The van der Waals surface area contributed by atoms with E-state index in [0.29, 0.717) is 42.3 Å². The number of thiazole rings is 1. The summed E-state index contributed by atoms with van der Waals surface area (Å²) in [5.41, 5.74) is 7.92. The van der Waals surface area contributed by atoms with Crippen molar-refractivity contribution in [1.82, 2.24) is 14.8 Å². The molecule has 0 aliphatic carbocycles. The van der Waals surface area contributed by atoms with Crippen molar-refractivity contribution in [2.24, 2.45) is 5.73 Å². The molecule has 3 amide bonds. The molecule has 2 N–H and O–H groups in total. The molecule has 0 radical (unpaired) electrons. The molecule has 1 aliphatic heterocycles. The maximum absolute atomic E-state index is 13.1. The Morgan fingerprint density at radius 1 is 1.26 bits per heavy atom. The van der Waals surface area contributed by atoms with Gasteiger partial charge in [-0.05, 0) is 23.8 Å². The van der Waals surface area contributed by atoms with Crippen LogP contribution < -0.4 is 5.73 Å².